The predicted molar refractivity (Wildman–Crippen MR) is 87.4 cm³/mol. The fourth-order valence-corrected chi connectivity index (χ4v) is 2.82. The molecule has 0 aliphatic carbocycles. The molecule has 21 heavy (non-hydrogen) atoms. The van der Waals surface area contributed by atoms with Gasteiger partial charge in [-0.3, -0.25) is 0 Å². The second-order valence-corrected chi connectivity index (χ2v) is 6.61. The van der Waals surface area contributed by atoms with E-state index >= 15 is 0 Å². The maximum atomic E-state index is 9.65. The van der Waals surface area contributed by atoms with Crippen LogP contribution in [0.2, 0.25) is 0 Å². The Bertz CT molecular complexity index is 409. The predicted octanol–water partition coefficient (Wildman–Crippen LogP) is 2.42. The summed E-state index contributed by atoms with van der Waals surface area (Å²) in [5.41, 5.74) is 1.23. The molecule has 0 radical (unpaired) electrons. The SMILES string of the molecule is CC(C)CNCc1ccc(N2CCC(C(C)O)CC2)nc1. The minimum Gasteiger partial charge on any atom is -0.393 e. The Morgan fingerprint density at radius 2 is 2.00 bits per heavy atom. The van der Waals surface area contributed by atoms with E-state index in [1.54, 1.807) is 0 Å². The second-order valence-electron chi connectivity index (χ2n) is 6.61. The van der Waals surface area contributed by atoms with E-state index in [0.717, 1.165) is 44.8 Å². The van der Waals surface area contributed by atoms with Gasteiger partial charge in [-0.1, -0.05) is 19.9 Å². The molecule has 1 aromatic heterocycles. The highest BCUT2D eigenvalue weighted by Crippen LogP contribution is 2.24. The Balaban J connectivity index is 1.82. The molecule has 1 atom stereocenters. The van der Waals surface area contributed by atoms with Crippen LogP contribution in [-0.4, -0.2) is 35.8 Å². The Kier molecular flexibility index (Phi) is 6.00. The zero-order chi connectivity index (χ0) is 15.2. The van der Waals surface area contributed by atoms with E-state index in [4.69, 9.17) is 0 Å². The van der Waals surface area contributed by atoms with Gasteiger partial charge in [-0.15, -0.1) is 0 Å². The summed E-state index contributed by atoms with van der Waals surface area (Å²) in [7, 11) is 0. The summed E-state index contributed by atoms with van der Waals surface area (Å²) < 4.78 is 0. The molecule has 0 bridgehead atoms. The van der Waals surface area contributed by atoms with E-state index in [9.17, 15) is 5.11 Å². The van der Waals surface area contributed by atoms with Crippen molar-refractivity contribution in [3.63, 3.8) is 0 Å². The fraction of sp³-hybridized carbons (Fsp3) is 0.706. The highest BCUT2D eigenvalue weighted by molar-refractivity contribution is 5.39. The first-order chi connectivity index (χ1) is 10.1. The summed E-state index contributed by atoms with van der Waals surface area (Å²) in [4.78, 5) is 6.92. The van der Waals surface area contributed by atoms with Crippen LogP contribution < -0.4 is 10.2 Å². The highest BCUT2D eigenvalue weighted by atomic mass is 16.3. The summed E-state index contributed by atoms with van der Waals surface area (Å²) in [6, 6.07) is 4.28. The molecule has 118 valence electrons. The van der Waals surface area contributed by atoms with Crippen LogP contribution in [-0.2, 0) is 6.54 Å². The zero-order valence-corrected chi connectivity index (χ0v) is 13.5. The van der Waals surface area contributed by atoms with Crippen molar-refractivity contribution < 1.29 is 5.11 Å². The Morgan fingerprint density at radius 3 is 2.52 bits per heavy atom. The number of aromatic nitrogens is 1. The monoisotopic (exact) mass is 291 g/mol. The third kappa shape index (κ3) is 4.97. The molecular formula is C17H29N3O. The minimum atomic E-state index is -0.186. The summed E-state index contributed by atoms with van der Waals surface area (Å²) in [6.45, 7) is 10.2. The van der Waals surface area contributed by atoms with Crippen molar-refractivity contribution >= 4 is 5.82 Å². The molecule has 1 unspecified atom stereocenters. The molecule has 2 rings (SSSR count). The van der Waals surface area contributed by atoms with Crippen molar-refractivity contribution in [1.82, 2.24) is 10.3 Å². The van der Waals surface area contributed by atoms with Gasteiger partial charge in [0.25, 0.3) is 0 Å². The van der Waals surface area contributed by atoms with Gasteiger partial charge in [-0.2, -0.15) is 0 Å². The van der Waals surface area contributed by atoms with Crippen LogP contribution in [0.3, 0.4) is 0 Å². The van der Waals surface area contributed by atoms with Crippen LogP contribution in [0.5, 0.6) is 0 Å². The molecule has 1 fully saturated rings. The molecule has 4 nitrogen and oxygen atoms in total. The molecule has 1 saturated heterocycles. The number of piperidine rings is 1. The molecule has 4 heteroatoms. The van der Waals surface area contributed by atoms with Gasteiger partial charge in [-0.05, 0) is 49.8 Å². The van der Waals surface area contributed by atoms with Crippen molar-refractivity contribution in [3.8, 4) is 0 Å². The van der Waals surface area contributed by atoms with Crippen molar-refractivity contribution in [2.45, 2.75) is 46.3 Å². The lowest BCUT2D eigenvalue weighted by molar-refractivity contribution is 0.110. The first kappa shape index (κ1) is 16.2. The average Bonchev–Trinajstić information content (AvgIpc) is 2.48. The minimum absolute atomic E-state index is 0.186. The standard InChI is InChI=1S/C17H29N3O/c1-13(2)10-18-11-15-4-5-17(19-12-15)20-8-6-16(7-9-20)14(3)21/h4-5,12-14,16,18,21H,6-11H2,1-3H3. The zero-order valence-electron chi connectivity index (χ0n) is 13.5. The second kappa shape index (κ2) is 7.76. The number of hydrogen-bond donors (Lipinski definition) is 2. The number of nitrogens with zero attached hydrogens (tertiary/aromatic N) is 2. The van der Waals surface area contributed by atoms with E-state index in [1.807, 2.05) is 13.1 Å². The average molecular weight is 291 g/mol. The van der Waals surface area contributed by atoms with Gasteiger partial charge in [-0.25, -0.2) is 4.98 Å². The first-order valence-electron chi connectivity index (χ1n) is 8.15. The molecule has 2 heterocycles. The molecule has 1 aromatic rings. The highest BCUT2D eigenvalue weighted by Gasteiger charge is 2.23. The largest absolute Gasteiger partial charge is 0.393 e. The summed E-state index contributed by atoms with van der Waals surface area (Å²) in [5, 5.41) is 13.1. The van der Waals surface area contributed by atoms with Crippen LogP contribution in [0.4, 0.5) is 5.82 Å². The van der Waals surface area contributed by atoms with Crippen LogP contribution in [0, 0.1) is 11.8 Å². The molecule has 0 saturated carbocycles. The van der Waals surface area contributed by atoms with Gasteiger partial charge >= 0.3 is 0 Å². The molecule has 1 aliphatic heterocycles. The summed E-state index contributed by atoms with van der Waals surface area (Å²) in [6.07, 6.45) is 3.90. The van der Waals surface area contributed by atoms with Crippen molar-refractivity contribution in [2.24, 2.45) is 11.8 Å². The van der Waals surface area contributed by atoms with E-state index in [2.05, 4.69) is 41.2 Å². The number of anilines is 1. The van der Waals surface area contributed by atoms with Gasteiger partial charge in [0.05, 0.1) is 6.10 Å². The molecule has 0 amide bonds. The fourth-order valence-electron chi connectivity index (χ4n) is 2.82. The molecule has 0 aromatic carbocycles. The Labute approximate surface area is 128 Å². The first-order valence-corrected chi connectivity index (χ1v) is 8.15. The van der Waals surface area contributed by atoms with Crippen molar-refractivity contribution in [3.05, 3.63) is 23.9 Å². The van der Waals surface area contributed by atoms with Crippen LogP contribution >= 0.6 is 0 Å². The van der Waals surface area contributed by atoms with Gasteiger partial charge in [0, 0.05) is 25.8 Å². The van der Waals surface area contributed by atoms with E-state index < -0.39 is 0 Å². The summed E-state index contributed by atoms with van der Waals surface area (Å²) >= 11 is 0. The molecule has 0 spiro atoms. The number of rotatable bonds is 6. The van der Waals surface area contributed by atoms with Gasteiger partial charge in [0.2, 0.25) is 0 Å². The third-order valence-electron chi connectivity index (χ3n) is 4.24. The Morgan fingerprint density at radius 1 is 1.29 bits per heavy atom. The normalized spacial score (nSPS) is 18.2. The van der Waals surface area contributed by atoms with Crippen LogP contribution in [0.15, 0.2) is 18.3 Å². The quantitative estimate of drug-likeness (QED) is 0.845. The van der Waals surface area contributed by atoms with Gasteiger partial charge < -0.3 is 15.3 Å². The number of pyridine rings is 1. The number of aliphatic hydroxyl groups excluding tert-OH is 1. The van der Waals surface area contributed by atoms with Crippen molar-refractivity contribution in [2.75, 3.05) is 24.5 Å². The van der Waals surface area contributed by atoms with E-state index in [1.165, 1.54) is 5.56 Å². The van der Waals surface area contributed by atoms with Crippen LogP contribution in [0.25, 0.3) is 0 Å². The maximum Gasteiger partial charge on any atom is 0.128 e. The van der Waals surface area contributed by atoms with Gasteiger partial charge in [0.15, 0.2) is 0 Å². The maximum absolute atomic E-state index is 9.65. The number of hydrogen-bond acceptors (Lipinski definition) is 4. The molecule has 2 N–H and O–H groups in total. The lowest BCUT2D eigenvalue weighted by Crippen LogP contribution is -2.37. The van der Waals surface area contributed by atoms with Crippen LogP contribution in [0.1, 0.15) is 39.2 Å². The number of aliphatic hydroxyl groups is 1. The third-order valence-corrected chi connectivity index (χ3v) is 4.24. The molecular weight excluding hydrogens is 262 g/mol. The summed E-state index contributed by atoms with van der Waals surface area (Å²) in [5.74, 6) is 2.18. The van der Waals surface area contributed by atoms with Gasteiger partial charge in [0.1, 0.15) is 5.82 Å². The van der Waals surface area contributed by atoms with E-state index in [0.29, 0.717) is 11.8 Å². The van der Waals surface area contributed by atoms with E-state index in [-0.39, 0.29) is 6.10 Å². The lowest BCUT2D eigenvalue weighted by atomic mass is 9.92. The smallest absolute Gasteiger partial charge is 0.128 e. The van der Waals surface area contributed by atoms with Crippen molar-refractivity contribution in [1.29, 1.82) is 0 Å². The topological polar surface area (TPSA) is 48.4 Å². The lowest BCUT2D eigenvalue weighted by Gasteiger charge is -2.34. The number of nitrogens with one attached hydrogen (secondary N) is 1. The Hall–Kier alpha value is -1.13. The molecule has 1 aliphatic rings.